The fourth-order valence-electron chi connectivity index (χ4n) is 3.65. The molecule has 0 spiro atoms. The Bertz CT molecular complexity index is 1340. The number of aliphatic carboxylic acids is 1. The Morgan fingerprint density at radius 2 is 1.37 bits per heavy atom. The van der Waals surface area contributed by atoms with Crippen molar-refractivity contribution in [3.8, 4) is 5.75 Å². The van der Waals surface area contributed by atoms with Gasteiger partial charge in [-0.25, -0.2) is 14.0 Å². The van der Waals surface area contributed by atoms with Crippen LogP contribution in [0.4, 0.5) is 41.2 Å². The van der Waals surface area contributed by atoms with Gasteiger partial charge in [-0.3, -0.25) is 0 Å². The van der Waals surface area contributed by atoms with Gasteiger partial charge in [-0.1, -0.05) is 12.1 Å². The van der Waals surface area contributed by atoms with Crippen LogP contribution in [0.3, 0.4) is 0 Å². The van der Waals surface area contributed by atoms with Crippen LogP contribution >= 0.6 is 0 Å². The van der Waals surface area contributed by atoms with E-state index in [4.69, 9.17) is 4.74 Å². The Hall–Kier alpha value is -4.29. The van der Waals surface area contributed by atoms with Crippen LogP contribution in [0.25, 0.3) is 0 Å². The molecule has 0 heterocycles. The van der Waals surface area contributed by atoms with E-state index in [1.807, 2.05) is 0 Å². The molecule has 0 fully saturated rings. The first-order valence-electron chi connectivity index (χ1n) is 12.1. The number of benzene rings is 3. The average molecular weight is 587 g/mol. The third kappa shape index (κ3) is 8.85. The highest BCUT2D eigenvalue weighted by Crippen LogP contribution is 2.36. The van der Waals surface area contributed by atoms with E-state index in [2.05, 4.69) is 5.32 Å². The molecule has 3 aromatic rings. The number of carbonyl (C=O) groups excluding carboxylic acids is 1. The summed E-state index contributed by atoms with van der Waals surface area (Å²) in [5.41, 5.74) is -4.16. The Morgan fingerprint density at radius 3 is 1.85 bits per heavy atom. The summed E-state index contributed by atoms with van der Waals surface area (Å²) in [6, 6.07) is 11.0. The number of anilines is 1. The van der Waals surface area contributed by atoms with Crippen LogP contribution in [-0.4, -0.2) is 34.2 Å². The van der Waals surface area contributed by atoms with Crippen LogP contribution < -0.4 is 10.1 Å². The van der Waals surface area contributed by atoms with Crippen molar-refractivity contribution in [2.75, 3.05) is 11.9 Å². The largest absolute Gasteiger partial charge is 0.478 e. The minimum absolute atomic E-state index is 0.00168. The number of urea groups is 1. The lowest BCUT2D eigenvalue weighted by Crippen LogP contribution is -2.37. The Kier molecular flexibility index (Phi) is 9.19. The second-order valence-electron chi connectivity index (χ2n) is 9.58. The minimum atomic E-state index is -5.06. The molecule has 0 radical (unpaired) electrons. The van der Waals surface area contributed by atoms with Crippen LogP contribution in [0.15, 0.2) is 66.7 Å². The average Bonchev–Trinajstić information content (AvgIpc) is 2.87. The topological polar surface area (TPSA) is 78.9 Å². The van der Waals surface area contributed by atoms with Crippen molar-refractivity contribution in [3.05, 3.63) is 94.8 Å². The summed E-state index contributed by atoms with van der Waals surface area (Å²) in [7, 11) is 0. The van der Waals surface area contributed by atoms with Gasteiger partial charge in [0, 0.05) is 18.8 Å². The highest BCUT2D eigenvalue weighted by molar-refractivity contribution is 5.89. The molecule has 3 aromatic carbocycles. The zero-order valence-corrected chi connectivity index (χ0v) is 21.7. The van der Waals surface area contributed by atoms with Gasteiger partial charge in [0.1, 0.15) is 11.6 Å². The molecular weight excluding hydrogens is 561 g/mol. The van der Waals surface area contributed by atoms with Crippen LogP contribution in [-0.2, 0) is 30.1 Å². The molecule has 0 bridgehead atoms. The molecule has 0 aliphatic rings. The number of hydrogen-bond donors (Lipinski definition) is 2. The SMILES string of the molecule is CC(C)(Oc1ccc(CCN(Cc2cc(C(F)(F)F)cc(C(F)(F)F)c2)C(=O)Nc2ccc(F)cc2)cc1)C(=O)O. The second-order valence-corrected chi connectivity index (χ2v) is 9.58. The number of rotatable bonds is 9. The number of carboxylic acid groups (broad SMARTS) is 1. The predicted molar refractivity (Wildman–Crippen MR) is 135 cm³/mol. The maximum absolute atomic E-state index is 13.4. The summed E-state index contributed by atoms with van der Waals surface area (Å²) in [6.45, 7) is 1.98. The van der Waals surface area contributed by atoms with Gasteiger partial charge < -0.3 is 20.1 Å². The highest BCUT2D eigenvalue weighted by atomic mass is 19.4. The van der Waals surface area contributed by atoms with E-state index in [1.165, 1.54) is 38.1 Å². The van der Waals surface area contributed by atoms with Crippen LogP contribution in [0.2, 0.25) is 0 Å². The Morgan fingerprint density at radius 1 is 0.829 bits per heavy atom. The number of amides is 2. The number of ether oxygens (including phenoxy) is 1. The van der Waals surface area contributed by atoms with Crippen molar-refractivity contribution >= 4 is 17.7 Å². The van der Waals surface area contributed by atoms with Crippen molar-refractivity contribution in [1.29, 1.82) is 0 Å². The zero-order chi connectivity index (χ0) is 30.6. The van der Waals surface area contributed by atoms with Crippen LogP contribution in [0.5, 0.6) is 5.75 Å². The monoisotopic (exact) mass is 586 g/mol. The van der Waals surface area contributed by atoms with Gasteiger partial charge >= 0.3 is 24.4 Å². The quantitative estimate of drug-likeness (QED) is 0.257. The Balaban J connectivity index is 1.86. The van der Waals surface area contributed by atoms with Crippen LogP contribution in [0, 0.1) is 5.82 Å². The first-order valence-corrected chi connectivity index (χ1v) is 12.1. The highest BCUT2D eigenvalue weighted by Gasteiger charge is 2.37. The van der Waals surface area contributed by atoms with Gasteiger partial charge in [-0.05, 0) is 86.0 Å². The molecular formula is C28H25F7N2O4. The van der Waals surface area contributed by atoms with E-state index in [1.54, 1.807) is 12.1 Å². The standard InChI is InChI=1S/C28H25F7N2O4/c1-26(2,24(38)39)41-23-9-3-17(4-10-23)11-12-37(25(40)36-22-7-5-21(29)6-8-22)16-18-13-19(27(30,31)32)15-20(14-18)28(33,34)35/h3-10,13-15H,11-12,16H2,1-2H3,(H,36,40)(H,38,39). The molecule has 0 saturated carbocycles. The lowest BCUT2D eigenvalue weighted by molar-refractivity contribution is -0.152. The van der Waals surface area contributed by atoms with E-state index >= 15 is 0 Å². The molecule has 0 aromatic heterocycles. The summed E-state index contributed by atoms with van der Waals surface area (Å²) in [5, 5.41) is 11.7. The van der Waals surface area contributed by atoms with Gasteiger partial charge in [-0.2, -0.15) is 26.3 Å². The molecule has 6 nitrogen and oxygen atoms in total. The second kappa shape index (κ2) is 12.1. The predicted octanol–water partition coefficient (Wildman–Crippen LogP) is 7.38. The summed E-state index contributed by atoms with van der Waals surface area (Å²) in [4.78, 5) is 25.4. The summed E-state index contributed by atoms with van der Waals surface area (Å²) < 4.78 is 98.9. The number of nitrogens with one attached hydrogen (secondary N) is 1. The number of carbonyl (C=O) groups is 2. The number of hydrogen-bond acceptors (Lipinski definition) is 3. The summed E-state index contributed by atoms with van der Waals surface area (Å²) in [5.74, 6) is -1.52. The maximum atomic E-state index is 13.4. The maximum Gasteiger partial charge on any atom is 0.416 e. The van der Waals surface area contributed by atoms with Gasteiger partial charge in [0.25, 0.3) is 0 Å². The van der Waals surface area contributed by atoms with Gasteiger partial charge in [0.05, 0.1) is 11.1 Å². The zero-order valence-electron chi connectivity index (χ0n) is 21.7. The summed E-state index contributed by atoms with van der Waals surface area (Å²) >= 11 is 0. The fraction of sp³-hybridized carbons (Fsp3) is 0.286. The fourth-order valence-corrected chi connectivity index (χ4v) is 3.65. The van der Waals surface area contributed by atoms with Crippen molar-refractivity contribution in [2.24, 2.45) is 0 Å². The van der Waals surface area contributed by atoms with Crippen molar-refractivity contribution in [1.82, 2.24) is 4.90 Å². The van der Waals surface area contributed by atoms with E-state index in [-0.39, 0.29) is 30.5 Å². The van der Waals surface area contributed by atoms with Crippen LogP contribution in [0.1, 0.15) is 36.1 Å². The molecule has 0 aliphatic heterocycles. The first kappa shape index (κ1) is 31.2. The first-order chi connectivity index (χ1) is 18.9. The summed E-state index contributed by atoms with van der Waals surface area (Å²) in [6.07, 6.45) is -9.99. The Labute approximate surface area is 230 Å². The smallest absolute Gasteiger partial charge is 0.416 e. The molecule has 0 saturated heterocycles. The van der Waals surface area contributed by atoms with Gasteiger partial charge in [0.2, 0.25) is 0 Å². The van der Waals surface area contributed by atoms with E-state index in [0.29, 0.717) is 17.7 Å². The number of carboxylic acids is 1. The lowest BCUT2D eigenvalue weighted by atomic mass is 10.0. The van der Waals surface area contributed by atoms with Gasteiger partial charge in [0.15, 0.2) is 5.60 Å². The van der Waals surface area contributed by atoms with E-state index < -0.39 is 59.0 Å². The molecule has 0 atom stereocenters. The molecule has 13 heteroatoms. The third-order valence-corrected chi connectivity index (χ3v) is 5.89. The minimum Gasteiger partial charge on any atom is -0.478 e. The van der Waals surface area contributed by atoms with E-state index in [9.17, 15) is 45.4 Å². The lowest BCUT2D eigenvalue weighted by Gasteiger charge is -2.25. The number of nitrogens with zero attached hydrogens (tertiary/aromatic N) is 1. The molecule has 220 valence electrons. The third-order valence-electron chi connectivity index (χ3n) is 5.89. The van der Waals surface area contributed by atoms with Crippen molar-refractivity contribution in [2.45, 2.75) is 44.8 Å². The number of halogens is 7. The normalized spacial score (nSPS) is 12.1. The van der Waals surface area contributed by atoms with Crippen molar-refractivity contribution in [3.63, 3.8) is 0 Å². The van der Waals surface area contributed by atoms with Crippen molar-refractivity contribution < 1.29 is 50.2 Å². The van der Waals surface area contributed by atoms with E-state index in [0.717, 1.165) is 17.0 Å². The molecule has 0 unspecified atom stereocenters. The molecule has 0 aliphatic carbocycles. The van der Waals surface area contributed by atoms with Gasteiger partial charge in [-0.15, -0.1) is 0 Å². The molecule has 3 rings (SSSR count). The molecule has 2 amide bonds. The molecule has 41 heavy (non-hydrogen) atoms. The number of alkyl halides is 6. The molecule has 2 N–H and O–H groups in total.